The molecule has 0 fully saturated rings. The monoisotopic (exact) mass is 554 g/mol. The van der Waals surface area contributed by atoms with Crippen LogP contribution in [-0.4, -0.2) is 29.8 Å². The Morgan fingerprint density at radius 1 is 1.07 bits per heavy atom. The highest BCUT2D eigenvalue weighted by Gasteiger charge is 2.24. The third-order valence-electron chi connectivity index (χ3n) is 7.72. The molecule has 1 aliphatic carbocycles. The number of nitrogens with two attached hydrogens (primary N) is 1. The summed E-state index contributed by atoms with van der Waals surface area (Å²) in [6, 6.07) is 18.5. The van der Waals surface area contributed by atoms with Crippen LogP contribution in [0.25, 0.3) is 5.57 Å². The number of nitro benzene ring substituents is 1. The van der Waals surface area contributed by atoms with Gasteiger partial charge in [-0.3, -0.25) is 19.7 Å². The van der Waals surface area contributed by atoms with Crippen LogP contribution in [0.15, 0.2) is 84.2 Å². The molecule has 210 valence electrons. The Morgan fingerprint density at radius 2 is 1.83 bits per heavy atom. The second kappa shape index (κ2) is 11.8. The predicted octanol–water partition coefficient (Wildman–Crippen LogP) is 6.04. The molecule has 3 aromatic carbocycles. The van der Waals surface area contributed by atoms with Gasteiger partial charge in [0.1, 0.15) is 5.83 Å². The SMILES string of the molecule is C[C@H](NC(=O)c1ccc2c(c1)CCCN2CC1=C(F)CCC(c2ccccc2C(N)=O)=C1)c1ccc([N+](=O)[O-])cc1. The van der Waals surface area contributed by atoms with Gasteiger partial charge in [0, 0.05) is 54.0 Å². The summed E-state index contributed by atoms with van der Waals surface area (Å²) in [5.41, 5.74) is 11.5. The smallest absolute Gasteiger partial charge is 0.269 e. The summed E-state index contributed by atoms with van der Waals surface area (Å²) in [6.45, 7) is 2.96. The van der Waals surface area contributed by atoms with E-state index in [0.717, 1.165) is 47.3 Å². The van der Waals surface area contributed by atoms with Crippen molar-refractivity contribution in [1.29, 1.82) is 0 Å². The Morgan fingerprint density at radius 3 is 2.56 bits per heavy atom. The van der Waals surface area contributed by atoms with Gasteiger partial charge in [-0.2, -0.15) is 0 Å². The van der Waals surface area contributed by atoms with E-state index in [1.54, 1.807) is 30.3 Å². The molecular formula is C32H31FN4O4. The van der Waals surface area contributed by atoms with Crippen LogP contribution in [0.2, 0.25) is 0 Å². The van der Waals surface area contributed by atoms with E-state index in [1.807, 2.05) is 37.3 Å². The normalized spacial score (nSPS) is 15.6. The molecule has 3 aromatic rings. The first kappa shape index (κ1) is 27.8. The van der Waals surface area contributed by atoms with E-state index in [4.69, 9.17) is 5.73 Å². The number of rotatable bonds is 8. The van der Waals surface area contributed by atoms with Gasteiger partial charge in [-0.15, -0.1) is 0 Å². The molecule has 0 radical (unpaired) electrons. The number of fused-ring (bicyclic) bond motifs is 1. The summed E-state index contributed by atoms with van der Waals surface area (Å²) in [6.07, 6.45) is 4.27. The summed E-state index contributed by atoms with van der Waals surface area (Å²) in [7, 11) is 0. The lowest BCUT2D eigenvalue weighted by atomic mass is 9.89. The molecule has 8 nitrogen and oxygen atoms in total. The number of carbonyl (C=O) groups excluding carboxylic acids is 2. The molecule has 0 aromatic heterocycles. The van der Waals surface area contributed by atoms with Crippen LogP contribution in [0.5, 0.6) is 0 Å². The maximum atomic E-state index is 15.1. The minimum atomic E-state index is -0.509. The number of amides is 2. The Hall–Kier alpha value is -4.79. The fourth-order valence-electron chi connectivity index (χ4n) is 5.52. The highest BCUT2D eigenvalue weighted by Crippen LogP contribution is 2.35. The van der Waals surface area contributed by atoms with Crippen LogP contribution < -0.4 is 16.0 Å². The number of halogens is 1. The molecule has 0 bridgehead atoms. The van der Waals surface area contributed by atoms with Gasteiger partial charge < -0.3 is 16.0 Å². The summed E-state index contributed by atoms with van der Waals surface area (Å²) in [5.74, 6) is -0.906. The van der Waals surface area contributed by atoms with Gasteiger partial charge >= 0.3 is 0 Å². The fourth-order valence-corrected chi connectivity index (χ4v) is 5.52. The first-order valence-corrected chi connectivity index (χ1v) is 13.6. The summed E-state index contributed by atoms with van der Waals surface area (Å²) in [5, 5.41) is 13.9. The molecule has 1 atom stereocenters. The van der Waals surface area contributed by atoms with Crippen LogP contribution >= 0.6 is 0 Å². The van der Waals surface area contributed by atoms with Gasteiger partial charge in [0.2, 0.25) is 5.91 Å². The molecule has 0 unspecified atom stereocenters. The maximum Gasteiger partial charge on any atom is 0.269 e. The highest BCUT2D eigenvalue weighted by atomic mass is 19.1. The molecule has 3 N–H and O–H groups in total. The van der Waals surface area contributed by atoms with Crippen molar-refractivity contribution in [3.05, 3.63) is 122 Å². The zero-order chi connectivity index (χ0) is 29.1. The van der Waals surface area contributed by atoms with Crippen molar-refractivity contribution in [1.82, 2.24) is 5.32 Å². The maximum absolute atomic E-state index is 15.1. The van der Waals surface area contributed by atoms with Crippen molar-refractivity contribution in [2.75, 3.05) is 18.0 Å². The summed E-state index contributed by atoms with van der Waals surface area (Å²) in [4.78, 5) is 37.6. The Balaban J connectivity index is 1.32. The van der Waals surface area contributed by atoms with Gasteiger partial charge in [0.15, 0.2) is 0 Å². The molecule has 5 rings (SSSR count). The molecule has 2 amide bonds. The Bertz CT molecular complexity index is 1580. The number of allylic oxidation sites excluding steroid dienone is 2. The van der Waals surface area contributed by atoms with Crippen molar-refractivity contribution in [2.24, 2.45) is 5.73 Å². The zero-order valence-corrected chi connectivity index (χ0v) is 22.7. The van der Waals surface area contributed by atoms with Gasteiger partial charge in [-0.1, -0.05) is 36.4 Å². The summed E-state index contributed by atoms with van der Waals surface area (Å²) >= 11 is 0. The lowest BCUT2D eigenvalue weighted by Gasteiger charge is -2.33. The van der Waals surface area contributed by atoms with Crippen LogP contribution in [0.3, 0.4) is 0 Å². The molecule has 1 heterocycles. The van der Waals surface area contributed by atoms with E-state index in [0.29, 0.717) is 29.7 Å². The Kier molecular flexibility index (Phi) is 7.96. The number of benzene rings is 3. The minimum absolute atomic E-state index is 0.00224. The largest absolute Gasteiger partial charge is 0.367 e. The van der Waals surface area contributed by atoms with Crippen LogP contribution in [0.4, 0.5) is 15.8 Å². The standard InChI is InChI=1S/C32H31FN4O4/c1-20(21-8-12-26(13-9-21)37(40)41)35-32(39)24-11-15-30-23(18-24)5-4-16-36(30)19-25-17-22(10-14-29(25)33)27-6-2-3-7-28(27)31(34)38/h2-3,6-9,11-13,15,17-18,20H,4-5,10,14,16,19H2,1H3,(H2,34,38)(H,35,39)/t20-/m0/s1. The number of nitro groups is 1. The van der Waals surface area contributed by atoms with Gasteiger partial charge in [0.25, 0.3) is 11.6 Å². The van der Waals surface area contributed by atoms with E-state index >= 15 is 4.39 Å². The number of nitrogens with one attached hydrogen (secondary N) is 1. The molecule has 2 aliphatic rings. The fraction of sp³-hybridized carbons (Fsp3) is 0.250. The van der Waals surface area contributed by atoms with Crippen molar-refractivity contribution >= 4 is 28.8 Å². The lowest BCUT2D eigenvalue weighted by molar-refractivity contribution is -0.384. The third-order valence-corrected chi connectivity index (χ3v) is 7.72. The number of aryl methyl sites for hydroxylation is 1. The number of carbonyl (C=O) groups is 2. The first-order chi connectivity index (χ1) is 19.7. The van der Waals surface area contributed by atoms with Crippen molar-refractivity contribution in [2.45, 2.75) is 38.6 Å². The number of hydrogen-bond acceptors (Lipinski definition) is 5. The van der Waals surface area contributed by atoms with E-state index in [-0.39, 0.29) is 29.9 Å². The average Bonchev–Trinajstić information content (AvgIpc) is 2.98. The second-order valence-corrected chi connectivity index (χ2v) is 10.4. The third kappa shape index (κ3) is 6.04. The molecule has 9 heteroatoms. The molecule has 0 spiro atoms. The van der Waals surface area contributed by atoms with Crippen LogP contribution in [0.1, 0.15) is 69.6 Å². The van der Waals surface area contributed by atoms with Crippen molar-refractivity contribution < 1.29 is 18.9 Å². The van der Waals surface area contributed by atoms with Gasteiger partial charge in [-0.05, 0) is 72.7 Å². The van der Waals surface area contributed by atoms with Crippen LogP contribution in [-0.2, 0) is 6.42 Å². The number of nitrogens with zero attached hydrogens (tertiary/aromatic N) is 2. The molecule has 0 saturated heterocycles. The zero-order valence-electron chi connectivity index (χ0n) is 22.7. The van der Waals surface area contributed by atoms with Gasteiger partial charge in [-0.25, -0.2) is 4.39 Å². The number of primary amides is 1. The van der Waals surface area contributed by atoms with Gasteiger partial charge in [0.05, 0.1) is 11.0 Å². The number of anilines is 1. The molecular weight excluding hydrogens is 523 g/mol. The van der Waals surface area contributed by atoms with E-state index < -0.39 is 10.8 Å². The average molecular weight is 555 g/mol. The second-order valence-electron chi connectivity index (χ2n) is 10.4. The van der Waals surface area contributed by atoms with E-state index in [9.17, 15) is 19.7 Å². The lowest BCUT2D eigenvalue weighted by Crippen LogP contribution is -2.32. The Labute approximate surface area is 237 Å². The van der Waals surface area contributed by atoms with Crippen molar-refractivity contribution in [3.63, 3.8) is 0 Å². The first-order valence-electron chi connectivity index (χ1n) is 13.6. The number of non-ortho nitro benzene ring substituents is 1. The molecule has 41 heavy (non-hydrogen) atoms. The number of hydrogen-bond donors (Lipinski definition) is 2. The topological polar surface area (TPSA) is 119 Å². The quantitative estimate of drug-likeness (QED) is 0.260. The molecule has 1 aliphatic heterocycles. The van der Waals surface area contributed by atoms with Crippen LogP contribution in [0, 0.1) is 10.1 Å². The molecule has 0 saturated carbocycles. The van der Waals surface area contributed by atoms with E-state index in [2.05, 4.69) is 10.2 Å². The predicted molar refractivity (Wildman–Crippen MR) is 156 cm³/mol. The minimum Gasteiger partial charge on any atom is -0.367 e. The van der Waals surface area contributed by atoms with Crippen molar-refractivity contribution in [3.8, 4) is 0 Å². The van der Waals surface area contributed by atoms with E-state index in [1.165, 1.54) is 12.1 Å². The summed E-state index contributed by atoms with van der Waals surface area (Å²) < 4.78 is 15.1. The highest BCUT2D eigenvalue weighted by molar-refractivity contribution is 5.98.